The molecule has 2 aromatic carbocycles. The zero-order valence-corrected chi connectivity index (χ0v) is 17.0. The van der Waals surface area contributed by atoms with Gasteiger partial charge in [-0.1, -0.05) is 66.4 Å². The van der Waals surface area contributed by atoms with E-state index < -0.39 is 5.91 Å². The number of likely N-dealkylation sites (tertiary alicyclic amines) is 1. The number of halogens is 2. The van der Waals surface area contributed by atoms with Crippen molar-refractivity contribution in [3.05, 3.63) is 75.4 Å². The Labute approximate surface area is 175 Å². The summed E-state index contributed by atoms with van der Waals surface area (Å²) in [5.41, 5.74) is 1.35. The van der Waals surface area contributed by atoms with Crippen LogP contribution in [0.5, 0.6) is 0 Å². The van der Waals surface area contributed by atoms with E-state index in [0.717, 1.165) is 31.2 Å². The number of benzene rings is 2. The van der Waals surface area contributed by atoms with Crippen molar-refractivity contribution in [3.63, 3.8) is 0 Å². The highest BCUT2D eigenvalue weighted by Crippen LogP contribution is 2.22. The maximum Gasteiger partial charge on any atom is 0.270 e. The van der Waals surface area contributed by atoms with Gasteiger partial charge >= 0.3 is 0 Å². The van der Waals surface area contributed by atoms with Gasteiger partial charge in [-0.3, -0.25) is 9.59 Å². The van der Waals surface area contributed by atoms with Gasteiger partial charge in [0.15, 0.2) is 0 Å². The second-order valence-corrected chi connectivity index (χ2v) is 7.60. The molecular weight excluding hydrogens is 395 g/mol. The molecule has 3 rings (SSSR count). The predicted octanol–water partition coefficient (Wildman–Crippen LogP) is 5.17. The van der Waals surface area contributed by atoms with E-state index in [2.05, 4.69) is 5.32 Å². The van der Waals surface area contributed by atoms with Gasteiger partial charge in [0.25, 0.3) is 11.8 Å². The zero-order valence-electron chi connectivity index (χ0n) is 15.5. The van der Waals surface area contributed by atoms with Gasteiger partial charge in [-0.15, -0.1) is 0 Å². The summed E-state index contributed by atoms with van der Waals surface area (Å²) in [5, 5.41) is 3.45. The molecule has 2 amide bonds. The number of amides is 2. The Morgan fingerprint density at radius 1 is 0.929 bits per heavy atom. The lowest BCUT2D eigenvalue weighted by Gasteiger charge is -2.22. The highest BCUT2D eigenvalue weighted by molar-refractivity contribution is 6.36. The van der Waals surface area contributed by atoms with Crippen LogP contribution in [0.1, 0.15) is 41.6 Å². The van der Waals surface area contributed by atoms with E-state index in [4.69, 9.17) is 23.2 Å². The second-order valence-electron chi connectivity index (χ2n) is 6.75. The van der Waals surface area contributed by atoms with Crippen LogP contribution in [-0.4, -0.2) is 29.8 Å². The minimum absolute atomic E-state index is 0.177. The van der Waals surface area contributed by atoms with Gasteiger partial charge in [0.1, 0.15) is 5.70 Å². The lowest BCUT2D eigenvalue weighted by atomic mass is 10.1. The van der Waals surface area contributed by atoms with Crippen molar-refractivity contribution in [1.29, 1.82) is 0 Å². The van der Waals surface area contributed by atoms with Crippen LogP contribution in [0.15, 0.2) is 54.2 Å². The smallest absolute Gasteiger partial charge is 0.270 e. The first-order valence-corrected chi connectivity index (χ1v) is 10.1. The van der Waals surface area contributed by atoms with Gasteiger partial charge < -0.3 is 10.2 Å². The van der Waals surface area contributed by atoms with Crippen LogP contribution in [-0.2, 0) is 4.79 Å². The third-order valence-electron chi connectivity index (χ3n) is 4.66. The molecular formula is C22H22Cl2N2O2. The molecule has 1 fully saturated rings. The van der Waals surface area contributed by atoms with Gasteiger partial charge in [-0.05, 0) is 42.7 Å². The Bertz CT molecular complexity index is 873. The molecule has 0 aliphatic carbocycles. The summed E-state index contributed by atoms with van der Waals surface area (Å²) in [5.74, 6) is -0.615. The van der Waals surface area contributed by atoms with Gasteiger partial charge in [-0.25, -0.2) is 0 Å². The Balaban J connectivity index is 1.88. The molecule has 1 N–H and O–H groups in total. The number of nitrogens with one attached hydrogen (secondary N) is 1. The lowest BCUT2D eigenvalue weighted by Crippen LogP contribution is -2.39. The first-order chi connectivity index (χ1) is 13.5. The first kappa shape index (κ1) is 20.4. The molecule has 0 atom stereocenters. The van der Waals surface area contributed by atoms with Crippen LogP contribution in [0, 0.1) is 0 Å². The fourth-order valence-electron chi connectivity index (χ4n) is 3.17. The Morgan fingerprint density at radius 3 is 2.25 bits per heavy atom. The molecule has 0 saturated carbocycles. The molecule has 0 bridgehead atoms. The molecule has 6 heteroatoms. The first-order valence-electron chi connectivity index (χ1n) is 9.37. The summed E-state index contributed by atoms with van der Waals surface area (Å²) in [6.45, 7) is 1.39. The lowest BCUT2D eigenvalue weighted by molar-refractivity contribution is -0.127. The van der Waals surface area contributed by atoms with E-state index in [1.165, 1.54) is 6.07 Å². The van der Waals surface area contributed by atoms with Crippen molar-refractivity contribution in [2.24, 2.45) is 0 Å². The van der Waals surface area contributed by atoms with Gasteiger partial charge in [-0.2, -0.15) is 0 Å². The summed E-state index contributed by atoms with van der Waals surface area (Å²) in [7, 11) is 0. The van der Waals surface area contributed by atoms with Crippen LogP contribution >= 0.6 is 23.2 Å². The monoisotopic (exact) mass is 416 g/mol. The minimum atomic E-state index is -0.438. The highest BCUT2D eigenvalue weighted by Gasteiger charge is 2.22. The van der Waals surface area contributed by atoms with Crippen LogP contribution in [0.2, 0.25) is 10.0 Å². The SMILES string of the molecule is O=C(N/C(=C/c1ccccc1)C(=O)N1CCCCCC1)c1ccc(Cl)cc1Cl. The van der Waals surface area contributed by atoms with E-state index in [0.29, 0.717) is 18.1 Å². The van der Waals surface area contributed by atoms with Crippen molar-refractivity contribution >= 4 is 41.1 Å². The fourth-order valence-corrected chi connectivity index (χ4v) is 3.67. The normalized spacial score (nSPS) is 15.1. The van der Waals surface area contributed by atoms with E-state index in [1.54, 1.807) is 18.2 Å². The van der Waals surface area contributed by atoms with Crippen LogP contribution < -0.4 is 5.32 Å². The average molecular weight is 417 g/mol. The maximum absolute atomic E-state index is 13.2. The molecule has 146 valence electrons. The Hall–Kier alpha value is -2.30. The quantitative estimate of drug-likeness (QED) is 0.698. The molecule has 28 heavy (non-hydrogen) atoms. The molecule has 1 aliphatic rings. The van der Waals surface area contributed by atoms with Crippen molar-refractivity contribution < 1.29 is 9.59 Å². The number of hydrogen-bond acceptors (Lipinski definition) is 2. The van der Waals surface area contributed by atoms with E-state index in [1.807, 2.05) is 35.2 Å². The Morgan fingerprint density at radius 2 is 1.61 bits per heavy atom. The van der Waals surface area contributed by atoms with E-state index in [9.17, 15) is 9.59 Å². The van der Waals surface area contributed by atoms with Gasteiger partial charge in [0, 0.05) is 18.1 Å². The average Bonchev–Trinajstić information content (AvgIpc) is 2.97. The number of hydrogen-bond donors (Lipinski definition) is 1. The van der Waals surface area contributed by atoms with Gasteiger partial charge in [0.05, 0.1) is 10.6 Å². The van der Waals surface area contributed by atoms with Crippen molar-refractivity contribution in [3.8, 4) is 0 Å². The van der Waals surface area contributed by atoms with E-state index in [-0.39, 0.29) is 22.2 Å². The molecule has 0 radical (unpaired) electrons. The van der Waals surface area contributed by atoms with Gasteiger partial charge in [0.2, 0.25) is 0 Å². The summed E-state index contributed by atoms with van der Waals surface area (Å²) in [6.07, 6.45) is 5.89. The number of carbonyl (C=O) groups is 2. The number of carbonyl (C=O) groups excluding carboxylic acids is 2. The molecule has 1 aliphatic heterocycles. The molecule has 0 aromatic heterocycles. The summed E-state index contributed by atoms with van der Waals surface area (Å²) in [4.78, 5) is 27.7. The largest absolute Gasteiger partial charge is 0.337 e. The molecule has 2 aromatic rings. The van der Waals surface area contributed by atoms with E-state index >= 15 is 0 Å². The minimum Gasteiger partial charge on any atom is -0.337 e. The zero-order chi connectivity index (χ0) is 19.9. The second kappa shape index (κ2) is 9.76. The van der Waals surface area contributed by atoms with Crippen LogP contribution in [0.4, 0.5) is 0 Å². The van der Waals surface area contributed by atoms with Crippen LogP contribution in [0.25, 0.3) is 6.08 Å². The summed E-state index contributed by atoms with van der Waals surface area (Å²) in [6, 6.07) is 14.1. The van der Waals surface area contributed by atoms with Crippen molar-refractivity contribution in [2.45, 2.75) is 25.7 Å². The maximum atomic E-state index is 13.2. The summed E-state index contributed by atoms with van der Waals surface area (Å²) < 4.78 is 0. The predicted molar refractivity (Wildman–Crippen MR) is 113 cm³/mol. The molecule has 4 nitrogen and oxygen atoms in total. The number of rotatable bonds is 4. The van der Waals surface area contributed by atoms with Crippen molar-refractivity contribution in [1.82, 2.24) is 10.2 Å². The Kier molecular flexibility index (Phi) is 7.12. The summed E-state index contributed by atoms with van der Waals surface area (Å²) >= 11 is 12.1. The molecule has 1 saturated heterocycles. The standard InChI is InChI=1S/C22H22Cl2N2O2/c23-17-10-11-18(19(24)15-17)21(27)25-20(14-16-8-4-3-5-9-16)22(28)26-12-6-1-2-7-13-26/h3-5,8-11,14-15H,1-2,6-7,12-13H2,(H,25,27)/b20-14+. The topological polar surface area (TPSA) is 49.4 Å². The van der Waals surface area contributed by atoms with Crippen LogP contribution in [0.3, 0.4) is 0 Å². The molecule has 0 spiro atoms. The number of nitrogens with zero attached hydrogens (tertiary/aromatic N) is 1. The molecule has 0 unspecified atom stereocenters. The highest BCUT2D eigenvalue weighted by atomic mass is 35.5. The fraction of sp³-hybridized carbons (Fsp3) is 0.273. The molecule has 1 heterocycles. The van der Waals surface area contributed by atoms with Crippen molar-refractivity contribution in [2.75, 3.05) is 13.1 Å². The third kappa shape index (κ3) is 5.37. The third-order valence-corrected chi connectivity index (χ3v) is 5.21.